The zero-order valence-electron chi connectivity index (χ0n) is 19.6. The molecule has 2 unspecified atom stereocenters. The summed E-state index contributed by atoms with van der Waals surface area (Å²) in [6.07, 6.45) is 8.28. The van der Waals surface area contributed by atoms with Crippen molar-refractivity contribution in [3.63, 3.8) is 0 Å². The Bertz CT molecular complexity index is 812. The molecular formula is C24H34N4O6. The molecule has 2 fully saturated rings. The largest absolute Gasteiger partial charge is 0.479 e. The first kappa shape index (κ1) is 27.3. The Morgan fingerprint density at radius 1 is 0.824 bits per heavy atom. The molecule has 0 amide bonds. The van der Waals surface area contributed by atoms with Crippen LogP contribution in [0.5, 0.6) is 0 Å². The molecule has 2 aliphatic rings. The van der Waals surface area contributed by atoms with Gasteiger partial charge in [-0.1, -0.05) is 12.1 Å². The first-order valence-electron chi connectivity index (χ1n) is 11.2. The summed E-state index contributed by atoms with van der Waals surface area (Å²) in [6, 6.07) is 9.58. The van der Waals surface area contributed by atoms with Crippen molar-refractivity contribution >= 4 is 11.9 Å². The molecule has 0 bridgehead atoms. The lowest BCUT2D eigenvalue weighted by Gasteiger charge is -2.18. The number of aliphatic hydroxyl groups is 2. The van der Waals surface area contributed by atoms with E-state index in [2.05, 4.69) is 46.0 Å². The summed E-state index contributed by atoms with van der Waals surface area (Å²) in [4.78, 5) is 32.6. The molecule has 34 heavy (non-hydrogen) atoms. The van der Waals surface area contributed by atoms with E-state index in [0.717, 1.165) is 0 Å². The zero-order chi connectivity index (χ0) is 25.1. The van der Waals surface area contributed by atoms with Crippen LogP contribution in [0.25, 0.3) is 0 Å². The molecule has 4 rings (SSSR count). The van der Waals surface area contributed by atoms with Gasteiger partial charge >= 0.3 is 11.9 Å². The van der Waals surface area contributed by atoms with Gasteiger partial charge in [-0.05, 0) is 76.1 Å². The van der Waals surface area contributed by atoms with Crippen LogP contribution in [-0.2, 0) is 9.59 Å². The molecule has 0 spiro atoms. The first-order valence-corrected chi connectivity index (χ1v) is 11.2. The van der Waals surface area contributed by atoms with Crippen LogP contribution in [0.4, 0.5) is 0 Å². The smallest absolute Gasteiger partial charge is 0.335 e. The number of rotatable bonds is 5. The van der Waals surface area contributed by atoms with Crippen molar-refractivity contribution in [2.45, 2.75) is 50.0 Å². The van der Waals surface area contributed by atoms with Crippen molar-refractivity contribution in [1.82, 2.24) is 19.8 Å². The Labute approximate surface area is 199 Å². The summed E-state index contributed by atoms with van der Waals surface area (Å²) in [5.74, 6) is -3.54. The molecule has 2 aliphatic heterocycles. The molecule has 0 saturated carbocycles. The van der Waals surface area contributed by atoms with Crippen molar-refractivity contribution in [1.29, 1.82) is 0 Å². The fraction of sp³-hybridized carbons (Fsp3) is 0.500. The van der Waals surface area contributed by atoms with E-state index in [1.54, 1.807) is 0 Å². The van der Waals surface area contributed by atoms with Crippen LogP contribution >= 0.6 is 0 Å². The Balaban J connectivity index is 0.000000182. The van der Waals surface area contributed by atoms with E-state index in [4.69, 9.17) is 20.4 Å². The molecule has 186 valence electrons. The van der Waals surface area contributed by atoms with Crippen molar-refractivity contribution in [2.75, 3.05) is 27.2 Å². The van der Waals surface area contributed by atoms with Crippen LogP contribution in [0.2, 0.25) is 0 Å². The number of hydrogen-bond donors (Lipinski definition) is 4. The lowest BCUT2D eigenvalue weighted by Crippen LogP contribution is -2.39. The van der Waals surface area contributed by atoms with Crippen molar-refractivity contribution in [2.24, 2.45) is 0 Å². The molecule has 0 aliphatic carbocycles. The predicted octanol–water partition coefficient (Wildman–Crippen LogP) is 1.57. The van der Waals surface area contributed by atoms with Crippen molar-refractivity contribution in [3.05, 3.63) is 60.2 Å². The minimum Gasteiger partial charge on any atom is -0.479 e. The molecular weight excluding hydrogens is 440 g/mol. The zero-order valence-corrected chi connectivity index (χ0v) is 19.6. The number of hydrogen-bond acceptors (Lipinski definition) is 8. The highest BCUT2D eigenvalue weighted by molar-refractivity contribution is 5.83. The van der Waals surface area contributed by atoms with Gasteiger partial charge in [0.2, 0.25) is 0 Å². The molecule has 2 aromatic heterocycles. The molecule has 2 saturated heterocycles. The van der Waals surface area contributed by atoms with Crippen LogP contribution in [0.1, 0.15) is 48.9 Å². The minimum atomic E-state index is -2.27. The summed E-state index contributed by atoms with van der Waals surface area (Å²) < 4.78 is 0. The van der Waals surface area contributed by atoms with Gasteiger partial charge in [-0.2, -0.15) is 0 Å². The maximum atomic E-state index is 9.77. The fourth-order valence-electron chi connectivity index (χ4n) is 4.08. The van der Waals surface area contributed by atoms with Crippen molar-refractivity contribution < 1.29 is 30.0 Å². The molecule has 4 heterocycles. The van der Waals surface area contributed by atoms with Gasteiger partial charge in [0.15, 0.2) is 12.2 Å². The predicted molar refractivity (Wildman–Crippen MR) is 125 cm³/mol. The van der Waals surface area contributed by atoms with E-state index in [1.807, 2.05) is 36.9 Å². The lowest BCUT2D eigenvalue weighted by molar-refractivity contribution is -0.165. The molecule has 4 atom stereocenters. The number of nitrogens with zero attached hydrogens (tertiary/aromatic N) is 4. The highest BCUT2D eigenvalue weighted by atomic mass is 16.4. The Kier molecular flexibility index (Phi) is 11.0. The second-order valence-corrected chi connectivity index (χ2v) is 8.42. The summed E-state index contributed by atoms with van der Waals surface area (Å²) in [5.41, 5.74) is 2.72. The molecule has 0 aromatic carbocycles. The normalized spacial score (nSPS) is 22.0. The molecule has 2 aromatic rings. The van der Waals surface area contributed by atoms with Crippen LogP contribution in [0.3, 0.4) is 0 Å². The van der Waals surface area contributed by atoms with Gasteiger partial charge in [-0.25, -0.2) is 9.59 Å². The second kappa shape index (κ2) is 13.7. The standard InChI is InChI=1S/2C10H14N2.C4H6O6/c2*1-12-7-3-5-10(12)9-4-2-6-11-8-9;5-1(3(7)8)2(6)4(9)10/h2*2,4,6,8,10H,3,5,7H2,1H3;1-2,5-6H,(H,7,8)(H,9,10)/t2*10-;/m00./s1. The van der Waals surface area contributed by atoms with E-state index in [0.29, 0.717) is 12.1 Å². The van der Waals surface area contributed by atoms with Gasteiger partial charge in [-0.15, -0.1) is 0 Å². The maximum Gasteiger partial charge on any atom is 0.335 e. The second-order valence-electron chi connectivity index (χ2n) is 8.42. The van der Waals surface area contributed by atoms with Gasteiger partial charge in [0.05, 0.1) is 0 Å². The van der Waals surface area contributed by atoms with Gasteiger partial charge in [0, 0.05) is 36.9 Å². The minimum absolute atomic E-state index is 0.610. The molecule has 0 radical (unpaired) electrons. The van der Waals surface area contributed by atoms with Gasteiger partial charge in [0.1, 0.15) is 0 Å². The molecule has 10 heteroatoms. The van der Waals surface area contributed by atoms with E-state index in [-0.39, 0.29) is 0 Å². The topological polar surface area (TPSA) is 147 Å². The van der Waals surface area contributed by atoms with E-state index >= 15 is 0 Å². The Morgan fingerprint density at radius 3 is 1.44 bits per heavy atom. The number of aliphatic carboxylic acids is 2. The van der Waals surface area contributed by atoms with Crippen LogP contribution in [0.15, 0.2) is 49.1 Å². The molecule has 4 N–H and O–H groups in total. The third kappa shape index (κ3) is 8.14. The average molecular weight is 475 g/mol. The number of carbonyl (C=O) groups is 2. The number of pyridine rings is 2. The number of likely N-dealkylation sites (tertiary alicyclic amines) is 2. The van der Waals surface area contributed by atoms with E-state index < -0.39 is 24.1 Å². The van der Waals surface area contributed by atoms with Gasteiger partial charge in [-0.3, -0.25) is 19.8 Å². The fourth-order valence-corrected chi connectivity index (χ4v) is 4.08. The summed E-state index contributed by atoms with van der Waals surface area (Å²) in [6.45, 7) is 2.44. The monoisotopic (exact) mass is 474 g/mol. The van der Waals surface area contributed by atoms with Crippen LogP contribution in [0, 0.1) is 0 Å². The van der Waals surface area contributed by atoms with Crippen LogP contribution < -0.4 is 0 Å². The summed E-state index contributed by atoms with van der Waals surface area (Å²) >= 11 is 0. The summed E-state index contributed by atoms with van der Waals surface area (Å²) in [7, 11) is 4.37. The maximum absolute atomic E-state index is 9.77. The number of aliphatic hydroxyl groups excluding tert-OH is 2. The summed E-state index contributed by atoms with van der Waals surface area (Å²) in [5, 5.41) is 32.5. The SMILES string of the molecule is CN1CCC[C@H]1c1cccnc1.CN1CCC[C@H]1c1cccnc1.O=C(O)C(O)C(O)C(=O)O. The van der Waals surface area contributed by atoms with Gasteiger partial charge in [0.25, 0.3) is 0 Å². The highest BCUT2D eigenvalue weighted by Gasteiger charge is 2.29. The third-order valence-electron chi connectivity index (χ3n) is 5.98. The quantitative estimate of drug-likeness (QED) is 0.503. The number of carboxylic acids is 2. The Morgan fingerprint density at radius 2 is 1.21 bits per heavy atom. The van der Waals surface area contributed by atoms with E-state index in [1.165, 1.54) is 49.9 Å². The third-order valence-corrected chi connectivity index (χ3v) is 5.98. The lowest BCUT2D eigenvalue weighted by atomic mass is 10.1. The Hall–Kier alpha value is -2.92. The van der Waals surface area contributed by atoms with Gasteiger partial charge < -0.3 is 20.4 Å². The van der Waals surface area contributed by atoms with Crippen molar-refractivity contribution in [3.8, 4) is 0 Å². The first-order chi connectivity index (χ1) is 16.2. The molecule has 10 nitrogen and oxygen atoms in total. The number of carboxylic acid groups (broad SMARTS) is 2. The highest BCUT2D eigenvalue weighted by Crippen LogP contribution is 2.30. The average Bonchev–Trinajstić information content (AvgIpc) is 3.47. The van der Waals surface area contributed by atoms with E-state index in [9.17, 15) is 9.59 Å². The number of aromatic nitrogens is 2. The van der Waals surface area contributed by atoms with Crippen LogP contribution in [-0.4, -0.2) is 91.5 Å².